The minimum absolute atomic E-state index is 0.216. The molecule has 1 aliphatic heterocycles. The van der Waals surface area contributed by atoms with Crippen molar-refractivity contribution in [3.8, 4) is 0 Å². The van der Waals surface area contributed by atoms with Crippen molar-refractivity contribution in [2.75, 3.05) is 18.8 Å². The van der Waals surface area contributed by atoms with Gasteiger partial charge in [-0.2, -0.15) is 0 Å². The van der Waals surface area contributed by atoms with Crippen LogP contribution in [0, 0.1) is 11.6 Å². The molecule has 0 atom stereocenters. The Morgan fingerprint density at radius 3 is 2.70 bits per heavy atom. The number of piperazine rings is 1. The average molecular weight is 283 g/mol. The van der Waals surface area contributed by atoms with Crippen LogP contribution in [0.2, 0.25) is 0 Å². The van der Waals surface area contributed by atoms with Crippen LogP contribution < -0.4 is 11.1 Å². The maximum atomic E-state index is 13.9. The molecule has 0 bridgehead atoms. The zero-order valence-corrected chi connectivity index (χ0v) is 11.2. The number of rotatable bonds is 1. The van der Waals surface area contributed by atoms with Crippen molar-refractivity contribution >= 4 is 17.5 Å². The number of nitrogens with one attached hydrogen (secondary N) is 1. The zero-order chi connectivity index (χ0) is 15.1. The first-order chi connectivity index (χ1) is 9.25. The van der Waals surface area contributed by atoms with Crippen LogP contribution in [0.15, 0.2) is 12.1 Å². The van der Waals surface area contributed by atoms with Gasteiger partial charge < -0.3 is 16.0 Å². The number of amides is 2. The van der Waals surface area contributed by atoms with E-state index >= 15 is 0 Å². The number of hydrogen-bond donors (Lipinski definition) is 2. The van der Waals surface area contributed by atoms with Crippen molar-refractivity contribution in [3.63, 3.8) is 0 Å². The quantitative estimate of drug-likeness (QED) is 0.752. The van der Waals surface area contributed by atoms with Gasteiger partial charge >= 0.3 is 0 Å². The summed E-state index contributed by atoms with van der Waals surface area (Å²) in [7, 11) is 0. The molecule has 0 radical (unpaired) electrons. The van der Waals surface area contributed by atoms with E-state index in [1.165, 1.54) is 4.90 Å². The second-order valence-electron chi connectivity index (χ2n) is 5.13. The Labute approximate surface area is 114 Å². The summed E-state index contributed by atoms with van der Waals surface area (Å²) >= 11 is 0. The second kappa shape index (κ2) is 4.73. The van der Waals surface area contributed by atoms with Crippen LogP contribution in [0.25, 0.3) is 0 Å². The summed E-state index contributed by atoms with van der Waals surface area (Å²) in [5, 5.41) is 2.62. The molecule has 20 heavy (non-hydrogen) atoms. The molecular weight excluding hydrogens is 268 g/mol. The lowest BCUT2D eigenvalue weighted by Gasteiger charge is -2.41. The molecule has 0 saturated carbocycles. The molecule has 1 saturated heterocycles. The number of nitrogens with zero attached hydrogens (tertiary/aromatic N) is 1. The number of hydrogen-bond acceptors (Lipinski definition) is 3. The van der Waals surface area contributed by atoms with E-state index in [-0.39, 0.29) is 19.0 Å². The highest BCUT2D eigenvalue weighted by atomic mass is 19.1. The number of carbonyl (C=O) groups excluding carboxylic acids is 2. The van der Waals surface area contributed by atoms with Crippen molar-refractivity contribution in [1.29, 1.82) is 0 Å². The van der Waals surface area contributed by atoms with Gasteiger partial charge in [0.1, 0.15) is 11.4 Å². The molecule has 7 heteroatoms. The van der Waals surface area contributed by atoms with Crippen molar-refractivity contribution in [2.45, 2.75) is 19.4 Å². The molecule has 3 N–H and O–H groups in total. The zero-order valence-electron chi connectivity index (χ0n) is 11.2. The van der Waals surface area contributed by atoms with Gasteiger partial charge in [0.15, 0.2) is 5.82 Å². The van der Waals surface area contributed by atoms with Crippen molar-refractivity contribution in [3.05, 3.63) is 29.3 Å². The molecule has 5 nitrogen and oxygen atoms in total. The SMILES string of the molecule is CC1(C)C(=O)NCCN1C(=O)c1cc(F)cc(N)c1F. The second-order valence-corrected chi connectivity index (χ2v) is 5.13. The fraction of sp³-hybridized carbons (Fsp3) is 0.385. The Kier molecular flexibility index (Phi) is 3.37. The molecule has 2 rings (SSSR count). The fourth-order valence-electron chi connectivity index (χ4n) is 2.17. The largest absolute Gasteiger partial charge is 0.396 e. The minimum Gasteiger partial charge on any atom is -0.396 e. The summed E-state index contributed by atoms with van der Waals surface area (Å²) in [6, 6.07) is 1.59. The lowest BCUT2D eigenvalue weighted by atomic mass is 9.97. The van der Waals surface area contributed by atoms with E-state index in [0.29, 0.717) is 0 Å². The van der Waals surface area contributed by atoms with Crippen LogP contribution >= 0.6 is 0 Å². The first-order valence-corrected chi connectivity index (χ1v) is 6.10. The van der Waals surface area contributed by atoms with E-state index in [1.54, 1.807) is 13.8 Å². The van der Waals surface area contributed by atoms with Crippen LogP contribution in [-0.2, 0) is 4.79 Å². The van der Waals surface area contributed by atoms with Gasteiger partial charge in [0.05, 0.1) is 11.3 Å². The van der Waals surface area contributed by atoms with Gasteiger partial charge in [0, 0.05) is 13.1 Å². The Morgan fingerprint density at radius 1 is 1.40 bits per heavy atom. The van der Waals surface area contributed by atoms with Gasteiger partial charge in [-0.1, -0.05) is 0 Å². The maximum absolute atomic E-state index is 13.9. The van der Waals surface area contributed by atoms with Crippen LogP contribution in [0.4, 0.5) is 14.5 Å². The first-order valence-electron chi connectivity index (χ1n) is 6.10. The number of halogens is 2. The van der Waals surface area contributed by atoms with Gasteiger partial charge in [-0.3, -0.25) is 9.59 Å². The van der Waals surface area contributed by atoms with E-state index in [1.807, 2.05) is 0 Å². The number of carbonyl (C=O) groups is 2. The Hall–Kier alpha value is -2.18. The smallest absolute Gasteiger partial charge is 0.257 e. The van der Waals surface area contributed by atoms with E-state index in [0.717, 1.165) is 12.1 Å². The molecule has 1 aromatic carbocycles. The Bertz CT molecular complexity index is 587. The first kappa shape index (κ1) is 14.2. The van der Waals surface area contributed by atoms with Gasteiger partial charge in [0.2, 0.25) is 5.91 Å². The van der Waals surface area contributed by atoms with Crippen LogP contribution in [0.1, 0.15) is 24.2 Å². The highest BCUT2D eigenvalue weighted by Gasteiger charge is 2.41. The fourth-order valence-corrected chi connectivity index (χ4v) is 2.17. The molecule has 0 unspecified atom stereocenters. The monoisotopic (exact) mass is 283 g/mol. The van der Waals surface area contributed by atoms with Gasteiger partial charge in [-0.25, -0.2) is 8.78 Å². The third kappa shape index (κ3) is 2.19. The van der Waals surface area contributed by atoms with E-state index in [2.05, 4.69) is 5.32 Å². The third-order valence-corrected chi connectivity index (χ3v) is 3.39. The number of nitrogen functional groups attached to an aromatic ring is 1. The molecule has 0 spiro atoms. The van der Waals surface area contributed by atoms with E-state index in [9.17, 15) is 18.4 Å². The van der Waals surface area contributed by atoms with Crippen LogP contribution in [0.5, 0.6) is 0 Å². The molecule has 2 amide bonds. The van der Waals surface area contributed by atoms with Crippen LogP contribution in [-0.4, -0.2) is 35.3 Å². The van der Waals surface area contributed by atoms with Crippen molar-refractivity contribution < 1.29 is 18.4 Å². The van der Waals surface area contributed by atoms with Gasteiger partial charge in [-0.05, 0) is 26.0 Å². The predicted octanol–water partition coefficient (Wildman–Crippen LogP) is 0.898. The third-order valence-electron chi connectivity index (χ3n) is 3.39. The van der Waals surface area contributed by atoms with E-state index < -0.39 is 34.3 Å². The summed E-state index contributed by atoms with van der Waals surface area (Å²) in [5.74, 6) is -2.87. The lowest BCUT2D eigenvalue weighted by Crippen LogP contribution is -2.63. The number of nitrogens with two attached hydrogens (primary N) is 1. The maximum Gasteiger partial charge on any atom is 0.257 e. The molecule has 108 valence electrons. The summed E-state index contributed by atoms with van der Waals surface area (Å²) < 4.78 is 27.2. The van der Waals surface area contributed by atoms with Crippen molar-refractivity contribution in [2.24, 2.45) is 0 Å². The highest BCUT2D eigenvalue weighted by molar-refractivity contribution is 6.00. The summed E-state index contributed by atoms with van der Waals surface area (Å²) in [5.41, 5.74) is 3.28. The molecule has 0 aromatic heterocycles. The minimum atomic E-state index is -1.14. The van der Waals surface area contributed by atoms with Gasteiger partial charge in [0.25, 0.3) is 5.91 Å². The molecule has 1 aromatic rings. The predicted molar refractivity (Wildman–Crippen MR) is 68.9 cm³/mol. The molecule has 1 heterocycles. The van der Waals surface area contributed by atoms with Crippen molar-refractivity contribution in [1.82, 2.24) is 10.2 Å². The highest BCUT2D eigenvalue weighted by Crippen LogP contribution is 2.24. The summed E-state index contributed by atoms with van der Waals surface area (Å²) in [4.78, 5) is 25.4. The normalized spacial score (nSPS) is 17.8. The molecule has 1 aliphatic rings. The number of anilines is 1. The van der Waals surface area contributed by atoms with Gasteiger partial charge in [-0.15, -0.1) is 0 Å². The Morgan fingerprint density at radius 2 is 2.05 bits per heavy atom. The van der Waals surface area contributed by atoms with Crippen LogP contribution in [0.3, 0.4) is 0 Å². The van der Waals surface area contributed by atoms with E-state index in [4.69, 9.17) is 5.73 Å². The lowest BCUT2D eigenvalue weighted by molar-refractivity contribution is -0.133. The topological polar surface area (TPSA) is 75.4 Å². The molecule has 1 fully saturated rings. The molecule has 0 aliphatic carbocycles. The number of benzene rings is 1. The average Bonchev–Trinajstić information content (AvgIpc) is 2.36. The Balaban J connectivity index is 2.44. The summed E-state index contributed by atoms with van der Waals surface area (Å²) in [6.45, 7) is 3.56. The summed E-state index contributed by atoms with van der Waals surface area (Å²) in [6.07, 6.45) is 0. The standard InChI is InChI=1S/C13H15F2N3O2/c1-13(2)12(20)17-3-4-18(13)11(19)8-5-7(14)6-9(16)10(8)15/h5-6H,3-4,16H2,1-2H3,(H,17,20). The molecular formula is C13H15F2N3O2.